The number of nitrogens with zero attached hydrogens (tertiary/aromatic N) is 1. The van der Waals surface area contributed by atoms with Gasteiger partial charge in [0.15, 0.2) is 0 Å². The van der Waals surface area contributed by atoms with Crippen molar-refractivity contribution >= 4 is 17.5 Å². The van der Waals surface area contributed by atoms with Crippen LogP contribution in [-0.2, 0) is 10.2 Å². The Balaban J connectivity index is 2.19. The monoisotopic (exact) mass is 279 g/mol. The highest BCUT2D eigenvalue weighted by atomic mass is 35.5. The number of amides is 1. The lowest BCUT2D eigenvalue weighted by atomic mass is 9.94. The number of benzene rings is 1. The summed E-state index contributed by atoms with van der Waals surface area (Å²) in [5.74, 6) is 0.788. The van der Waals surface area contributed by atoms with E-state index in [4.69, 9.17) is 11.6 Å². The van der Waals surface area contributed by atoms with Gasteiger partial charge in [0.25, 0.3) is 0 Å². The summed E-state index contributed by atoms with van der Waals surface area (Å²) in [6, 6.07) is 7.75. The average Bonchev–Trinajstić information content (AvgIpc) is 3.17. The highest BCUT2D eigenvalue weighted by Gasteiger charge is 2.52. The van der Waals surface area contributed by atoms with Crippen LogP contribution in [0.1, 0.15) is 39.2 Å². The van der Waals surface area contributed by atoms with E-state index in [1.165, 1.54) is 0 Å². The van der Waals surface area contributed by atoms with Crippen molar-refractivity contribution in [1.82, 2.24) is 4.90 Å². The van der Waals surface area contributed by atoms with Gasteiger partial charge in [0.1, 0.15) is 0 Å². The summed E-state index contributed by atoms with van der Waals surface area (Å²) in [7, 11) is 0. The number of hydrogen-bond acceptors (Lipinski definition) is 1. The molecule has 0 heterocycles. The lowest BCUT2D eigenvalue weighted by Crippen LogP contribution is -2.41. The topological polar surface area (TPSA) is 20.3 Å². The molecule has 0 spiro atoms. The Hall–Kier alpha value is -1.02. The van der Waals surface area contributed by atoms with Gasteiger partial charge in [-0.2, -0.15) is 0 Å². The van der Waals surface area contributed by atoms with Crippen molar-refractivity contribution in [3.8, 4) is 0 Å². The van der Waals surface area contributed by atoms with E-state index in [1.807, 2.05) is 29.2 Å². The Morgan fingerprint density at radius 1 is 1.32 bits per heavy atom. The third kappa shape index (κ3) is 2.94. The largest absolute Gasteiger partial charge is 0.342 e. The molecule has 2 rings (SSSR count). The van der Waals surface area contributed by atoms with Crippen molar-refractivity contribution in [2.45, 2.75) is 39.0 Å². The van der Waals surface area contributed by atoms with Gasteiger partial charge in [-0.15, -0.1) is 0 Å². The van der Waals surface area contributed by atoms with Crippen LogP contribution in [0.2, 0.25) is 5.02 Å². The summed E-state index contributed by atoms with van der Waals surface area (Å²) < 4.78 is 0. The third-order valence-electron chi connectivity index (χ3n) is 3.81. The molecular formula is C16H22ClNO. The molecule has 19 heavy (non-hydrogen) atoms. The van der Waals surface area contributed by atoms with Crippen molar-refractivity contribution < 1.29 is 4.79 Å². The highest BCUT2D eigenvalue weighted by molar-refractivity contribution is 6.30. The maximum Gasteiger partial charge on any atom is 0.233 e. The van der Waals surface area contributed by atoms with Crippen LogP contribution in [0.4, 0.5) is 0 Å². The van der Waals surface area contributed by atoms with Crippen molar-refractivity contribution in [1.29, 1.82) is 0 Å². The number of rotatable bonds is 5. The Bertz CT molecular complexity index is 448. The van der Waals surface area contributed by atoms with Crippen LogP contribution in [0.15, 0.2) is 24.3 Å². The predicted octanol–water partition coefficient (Wildman–Crippen LogP) is 3.88. The van der Waals surface area contributed by atoms with Gasteiger partial charge in [0.2, 0.25) is 5.91 Å². The van der Waals surface area contributed by atoms with E-state index in [0.29, 0.717) is 5.92 Å². The summed E-state index contributed by atoms with van der Waals surface area (Å²) >= 11 is 5.93. The molecule has 3 heteroatoms. The number of hydrogen-bond donors (Lipinski definition) is 0. The molecule has 1 aromatic carbocycles. The standard InChI is InChI=1S/C16H22ClNO/c1-4-18(11-12(2)3)15(19)16(9-10-16)13-5-7-14(17)8-6-13/h5-8,12H,4,9-11H2,1-3H3. The third-order valence-corrected chi connectivity index (χ3v) is 4.06. The Kier molecular flexibility index (Phi) is 4.19. The van der Waals surface area contributed by atoms with Gasteiger partial charge in [0.05, 0.1) is 5.41 Å². The van der Waals surface area contributed by atoms with Crippen molar-refractivity contribution in [3.05, 3.63) is 34.9 Å². The fraction of sp³-hybridized carbons (Fsp3) is 0.562. The molecule has 1 saturated carbocycles. The first-order chi connectivity index (χ1) is 8.99. The van der Waals surface area contributed by atoms with Crippen molar-refractivity contribution in [2.75, 3.05) is 13.1 Å². The van der Waals surface area contributed by atoms with E-state index in [0.717, 1.165) is 36.5 Å². The highest BCUT2D eigenvalue weighted by Crippen LogP contribution is 2.49. The van der Waals surface area contributed by atoms with Crippen LogP contribution in [0.5, 0.6) is 0 Å². The Morgan fingerprint density at radius 2 is 1.89 bits per heavy atom. The van der Waals surface area contributed by atoms with E-state index < -0.39 is 0 Å². The molecular weight excluding hydrogens is 258 g/mol. The van der Waals surface area contributed by atoms with E-state index in [-0.39, 0.29) is 11.3 Å². The number of carbonyl (C=O) groups is 1. The number of likely N-dealkylation sites (N-methyl/N-ethyl adjacent to an activating group) is 1. The molecule has 1 aliphatic rings. The van der Waals surface area contributed by atoms with Crippen LogP contribution in [0.25, 0.3) is 0 Å². The first-order valence-corrected chi connectivity index (χ1v) is 7.43. The molecule has 0 aliphatic heterocycles. The van der Waals surface area contributed by atoms with E-state index >= 15 is 0 Å². The summed E-state index contributed by atoms with van der Waals surface area (Å²) in [5, 5.41) is 0.724. The summed E-state index contributed by atoms with van der Waals surface area (Å²) in [4.78, 5) is 14.8. The molecule has 1 amide bonds. The molecule has 0 unspecified atom stereocenters. The Labute approximate surface area is 120 Å². The van der Waals surface area contributed by atoms with Gasteiger partial charge in [-0.05, 0) is 43.4 Å². The first-order valence-electron chi connectivity index (χ1n) is 7.05. The molecule has 0 bridgehead atoms. The minimum Gasteiger partial charge on any atom is -0.342 e. The van der Waals surface area contributed by atoms with Gasteiger partial charge in [-0.3, -0.25) is 4.79 Å². The summed E-state index contributed by atoms with van der Waals surface area (Å²) in [5.41, 5.74) is 0.847. The molecule has 0 saturated heterocycles. The lowest BCUT2D eigenvalue weighted by molar-refractivity contribution is -0.134. The van der Waals surface area contributed by atoms with Crippen LogP contribution in [0.3, 0.4) is 0 Å². The van der Waals surface area contributed by atoms with Crippen LogP contribution < -0.4 is 0 Å². The second-order valence-electron chi connectivity index (χ2n) is 5.83. The molecule has 1 aliphatic carbocycles. The average molecular weight is 280 g/mol. The van der Waals surface area contributed by atoms with Gasteiger partial charge >= 0.3 is 0 Å². The summed E-state index contributed by atoms with van der Waals surface area (Å²) in [6.07, 6.45) is 1.92. The van der Waals surface area contributed by atoms with Gasteiger partial charge < -0.3 is 4.90 Å². The molecule has 1 aromatic rings. The van der Waals surface area contributed by atoms with Crippen molar-refractivity contribution in [3.63, 3.8) is 0 Å². The fourth-order valence-corrected chi connectivity index (χ4v) is 2.74. The van der Waals surface area contributed by atoms with Crippen molar-refractivity contribution in [2.24, 2.45) is 5.92 Å². The smallest absolute Gasteiger partial charge is 0.233 e. The van der Waals surface area contributed by atoms with Crippen LogP contribution >= 0.6 is 11.6 Å². The molecule has 1 fully saturated rings. The predicted molar refractivity (Wildman–Crippen MR) is 79.5 cm³/mol. The molecule has 104 valence electrons. The van der Waals surface area contributed by atoms with Crippen LogP contribution in [0, 0.1) is 5.92 Å². The molecule has 0 N–H and O–H groups in total. The maximum absolute atomic E-state index is 12.8. The SMILES string of the molecule is CCN(CC(C)C)C(=O)C1(c2ccc(Cl)cc2)CC1. The van der Waals surface area contributed by atoms with E-state index in [2.05, 4.69) is 20.8 Å². The zero-order chi connectivity index (χ0) is 14.0. The zero-order valence-electron chi connectivity index (χ0n) is 11.9. The van der Waals surface area contributed by atoms with Crippen LogP contribution in [-0.4, -0.2) is 23.9 Å². The maximum atomic E-state index is 12.8. The normalized spacial score (nSPS) is 16.5. The number of halogens is 1. The molecule has 0 aromatic heterocycles. The lowest BCUT2D eigenvalue weighted by Gasteiger charge is -2.28. The molecule has 2 nitrogen and oxygen atoms in total. The zero-order valence-corrected chi connectivity index (χ0v) is 12.7. The van der Waals surface area contributed by atoms with E-state index in [9.17, 15) is 4.79 Å². The van der Waals surface area contributed by atoms with Gasteiger partial charge in [-0.25, -0.2) is 0 Å². The van der Waals surface area contributed by atoms with Gasteiger partial charge in [-0.1, -0.05) is 37.6 Å². The van der Waals surface area contributed by atoms with E-state index in [1.54, 1.807) is 0 Å². The quantitative estimate of drug-likeness (QED) is 0.801. The minimum absolute atomic E-state index is 0.268. The second-order valence-corrected chi connectivity index (χ2v) is 6.26. The fourth-order valence-electron chi connectivity index (χ4n) is 2.62. The first kappa shape index (κ1) is 14.4. The summed E-state index contributed by atoms with van der Waals surface area (Å²) in [6.45, 7) is 7.98. The second kappa shape index (κ2) is 5.54. The Morgan fingerprint density at radius 3 is 2.32 bits per heavy atom. The van der Waals surface area contributed by atoms with Gasteiger partial charge in [0, 0.05) is 18.1 Å². The number of carbonyl (C=O) groups excluding carboxylic acids is 1. The molecule has 0 atom stereocenters. The minimum atomic E-state index is -0.268. The molecule has 0 radical (unpaired) electrons.